The van der Waals surface area contributed by atoms with Crippen LogP contribution in [0.5, 0.6) is 0 Å². The molecule has 3 rings (SSSR count). The van der Waals surface area contributed by atoms with Crippen LogP contribution in [0.3, 0.4) is 0 Å². The van der Waals surface area contributed by atoms with Gasteiger partial charge in [-0.2, -0.15) is 0 Å². The van der Waals surface area contributed by atoms with Crippen LogP contribution >= 0.6 is 0 Å². The highest BCUT2D eigenvalue weighted by Gasteiger charge is 2.14. The molecular weight excluding hydrogens is 192 g/mol. The fraction of sp³-hybridized carbons (Fsp3) is 0.167. The van der Waals surface area contributed by atoms with Gasteiger partial charge in [0.25, 0.3) is 0 Å². The van der Waals surface area contributed by atoms with Crippen LogP contribution in [0, 0.1) is 6.92 Å². The fourth-order valence-electron chi connectivity index (χ4n) is 2.08. The van der Waals surface area contributed by atoms with Gasteiger partial charge in [-0.05, 0) is 19.1 Å². The molecule has 1 N–H and O–H groups in total. The molecule has 0 aliphatic heterocycles. The van der Waals surface area contributed by atoms with Crippen molar-refractivity contribution in [2.24, 2.45) is 0 Å². The molecule has 3 nitrogen and oxygen atoms in total. The Hall–Kier alpha value is -1.74. The normalized spacial score (nSPS) is 11.6. The first-order valence-electron chi connectivity index (χ1n) is 4.79. The van der Waals surface area contributed by atoms with Gasteiger partial charge in [-0.25, -0.2) is 0 Å². The van der Waals surface area contributed by atoms with Crippen LogP contribution in [0.4, 0.5) is 0 Å². The molecule has 0 unspecified atom stereocenters. The smallest absolute Gasteiger partial charge is 0.140 e. The number of aryl methyl sites for hydroxylation is 1. The molecule has 0 aliphatic rings. The largest absolute Gasteiger partial charge is 0.464 e. The molecule has 1 aromatic carbocycles. The molecule has 0 spiro atoms. The Morgan fingerprint density at radius 1 is 1.07 bits per heavy atom. The second-order valence-corrected chi connectivity index (χ2v) is 3.59. The number of aliphatic hydroxyl groups is 1. The first-order valence-corrected chi connectivity index (χ1v) is 4.79. The SMILES string of the molecule is Cc1c2ccoc2c(CO)c2ccoc12. The lowest BCUT2D eigenvalue weighted by molar-refractivity contribution is 0.283. The van der Waals surface area contributed by atoms with Gasteiger partial charge in [0.15, 0.2) is 0 Å². The zero-order valence-electron chi connectivity index (χ0n) is 8.28. The van der Waals surface area contributed by atoms with E-state index < -0.39 is 0 Å². The van der Waals surface area contributed by atoms with Crippen molar-refractivity contribution in [3.05, 3.63) is 35.8 Å². The molecule has 0 fully saturated rings. The van der Waals surface area contributed by atoms with Gasteiger partial charge in [-0.15, -0.1) is 0 Å². The number of hydrogen-bond acceptors (Lipinski definition) is 3. The lowest BCUT2D eigenvalue weighted by Gasteiger charge is -2.03. The van der Waals surface area contributed by atoms with Crippen molar-refractivity contribution in [2.45, 2.75) is 13.5 Å². The van der Waals surface area contributed by atoms with Gasteiger partial charge in [0, 0.05) is 21.9 Å². The minimum atomic E-state index is -0.0413. The van der Waals surface area contributed by atoms with E-state index in [0.717, 1.165) is 33.1 Å². The molecule has 0 amide bonds. The summed E-state index contributed by atoms with van der Waals surface area (Å²) in [4.78, 5) is 0. The first kappa shape index (κ1) is 8.56. The van der Waals surface area contributed by atoms with Gasteiger partial charge in [0.05, 0.1) is 19.1 Å². The predicted octanol–water partition coefficient (Wildman–Crippen LogP) is 2.98. The van der Waals surface area contributed by atoms with E-state index >= 15 is 0 Å². The molecule has 0 saturated heterocycles. The zero-order chi connectivity index (χ0) is 10.4. The van der Waals surface area contributed by atoms with Crippen molar-refractivity contribution in [3.63, 3.8) is 0 Å². The minimum Gasteiger partial charge on any atom is -0.464 e. The predicted molar refractivity (Wildman–Crippen MR) is 56.6 cm³/mol. The quantitative estimate of drug-likeness (QED) is 0.659. The Balaban J connectivity index is 2.64. The van der Waals surface area contributed by atoms with E-state index in [1.54, 1.807) is 12.5 Å². The standard InChI is InChI=1S/C12H10O3/c1-7-8-2-4-15-12(8)10(6-13)9-3-5-14-11(7)9/h2-5,13H,6H2,1H3. The molecule has 0 bridgehead atoms. The van der Waals surface area contributed by atoms with Crippen molar-refractivity contribution in [1.29, 1.82) is 0 Å². The van der Waals surface area contributed by atoms with Gasteiger partial charge in [0.1, 0.15) is 11.2 Å². The maximum Gasteiger partial charge on any atom is 0.140 e. The van der Waals surface area contributed by atoms with E-state index in [9.17, 15) is 5.11 Å². The topological polar surface area (TPSA) is 46.5 Å². The van der Waals surface area contributed by atoms with Gasteiger partial charge in [0.2, 0.25) is 0 Å². The van der Waals surface area contributed by atoms with Crippen molar-refractivity contribution in [2.75, 3.05) is 0 Å². The van der Waals surface area contributed by atoms with Crippen LogP contribution in [0.2, 0.25) is 0 Å². The van der Waals surface area contributed by atoms with Crippen LogP contribution in [0.25, 0.3) is 21.9 Å². The summed E-state index contributed by atoms with van der Waals surface area (Å²) in [6.07, 6.45) is 3.27. The molecule has 2 aromatic heterocycles. The van der Waals surface area contributed by atoms with E-state index in [0.29, 0.717) is 0 Å². The van der Waals surface area contributed by atoms with E-state index in [2.05, 4.69) is 0 Å². The zero-order valence-corrected chi connectivity index (χ0v) is 8.28. The number of rotatable bonds is 1. The molecule has 3 aromatic rings. The average molecular weight is 202 g/mol. The highest BCUT2D eigenvalue weighted by Crippen LogP contribution is 2.33. The number of aliphatic hydroxyl groups excluding tert-OH is 1. The highest BCUT2D eigenvalue weighted by molar-refractivity contribution is 6.00. The minimum absolute atomic E-state index is 0.0413. The highest BCUT2D eigenvalue weighted by atomic mass is 16.3. The monoisotopic (exact) mass is 202 g/mol. The molecule has 76 valence electrons. The number of hydrogen-bond donors (Lipinski definition) is 1. The van der Waals surface area contributed by atoms with Crippen molar-refractivity contribution in [3.8, 4) is 0 Å². The molecule has 3 heteroatoms. The van der Waals surface area contributed by atoms with Crippen LogP contribution < -0.4 is 0 Å². The van der Waals surface area contributed by atoms with E-state index in [4.69, 9.17) is 8.83 Å². The second kappa shape index (κ2) is 2.87. The summed E-state index contributed by atoms with van der Waals surface area (Å²) in [6.45, 7) is 1.95. The maximum absolute atomic E-state index is 9.36. The number of fused-ring (bicyclic) bond motifs is 2. The molecular formula is C12H10O3. The molecule has 0 radical (unpaired) electrons. The lowest BCUT2D eigenvalue weighted by atomic mass is 10.0. The summed E-state index contributed by atoms with van der Waals surface area (Å²) in [5.74, 6) is 0. The molecule has 0 atom stereocenters. The summed E-state index contributed by atoms with van der Waals surface area (Å²) < 4.78 is 10.8. The van der Waals surface area contributed by atoms with Gasteiger partial charge in [-0.1, -0.05) is 0 Å². The Morgan fingerprint density at radius 2 is 1.73 bits per heavy atom. The number of benzene rings is 1. The summed E-state index contributed by atoms with van der Waals surface area (Å²) in [6, 6.07) is 3.75. The molecule has 0 saturated carbocycles. The van der Waals surface area contributed by atoms with Crippen LogP contribution in [-0.2, 0) is 6.61 Å². The lowest BCUT2D eigenvalue weighted by Crippen LogP contribution is -1.87. The van der Waals surface area contributed by atoms with Gasteiger partial charge < -0.3 is 13.9 Å². The van der Waals surface area contributed by atoms with E-state index in [1.807, 2.05) is 19.1 Å². The van der Waals surface area contributed by atoms with E-state index in [-0.39, 0.29) is 6.61 Å². The fourth-order valence-corrected chi connectivity index (χ4v) is 2.08. The Morgan fingerprint density at radius 3 is 2.47 bits per heavy atom. The second-order valence-electron chi connectivity index (χ2n) is 3.59. The first-order chi connectivity index (χ1) is 7.33. The third kappa shape index (κ3) is 0.982. The Bertz CT molecular complexity index is 579. The maximum atomic E-state index is 9.36. The van der Waals surface area contributed by atoms with Gasteiger partial charge in [-0.3, -0.25) is 0 Å². The Kier molecular flexibility index (Phi) is 1.64. The summed E-state index contributed by atoms with van der Waals surface area (Å²) in [7, 11) is 0. The molecule has 15 heavy (non-hydrogen) atoms. The average Bonchev–Trinajstić information content (AvgIpc) is 2.85. The van der Waals surface area contributed by atoms with Crippen LogP contribution in [0.1, 0.15) is 11.1 Å². The molecule has 0 aliphatic carbocycles. The third-order valence-corrected chi connectivity index (χ3v) is 2.83. The molecule has 2 heterocycles. The van der Waals surface area contributed by atoms with E-state index in [1.165, 1.54) is 0 Å². The van der Waals surface area contributed by atoms with Gasteiger partial charge >= 0.3 is 0 Å². The summed E-state index contributed by atoms with van der Waals surface area (Å²) in [5, 5.41) is 11.3. The number of furan rings is 2. The summed E-state index contributed by atoms with van der Waals surface area (Å²) in [5.41, 5.74) is 3.43. The van der Waals surface area contributed by atoms with Crippen molar-refractivity contribution < 1.29 is 13.9 Å². The van der Waals surface area contributed by atoms with Crippen LogP contribution in [0.15, 0.2) is 33.5 Å². The Labute approximate surface area is 85.9 Å². The summed E-state index contributed by atoms with van der Waals surface area (Å²) >= 11 is 0. The van der Waals surface area contributed by atoms with Crippen LogP contribution in [-0.4, -0.2) is 5.11 Å². The third-order valence-electron chi connectivity index (χ3n) is 2.83. The van der Waals surface area contributed by atoms with Crippen molar-refractivity contribution >= 4 is 21.9 Å². The van der Waals surface area contributed by atoms with Crippen molar-refractivity contribution in [1.82, 2.24) is 0 Å².